The van der Waals surface area contributed by atoms with E-state index in [0.29, 0.717) is 0 Å². The summed E-state index contributed by atoms with van der Waals surface area (Å²) in [5.74, 6) is 0.828. The van der Waals surface area contributed by atoms with Crippen LogP contribution in [0.1, 0.15) is 47.9 Å². The molecule has 0 saturated heterocycles. The summed E-state index contributed by atoms with van der Waals surface area (Å²) >= 11 is 0. The summed E-state index contributed by atoms with van der Waals surface area (Å²) < 4.78 is 4.96. The lowest BCUT2D eigenvalue weighted by atomic mass is 9.90. The minimum atomic E-state index is 0.828. The van der Waals surface area contributed by atoms with Gasteiger partial charge in [0.2, 0.25) is 5.52 Å². The lowest BCUT2D eigenvalue weighted by molar-refractivity contribution is -0.643. The number of hydrogen-bond donors (Lipinski definition) is 0. The number of hydrogen-bond acceptors (Lipinski definition) is 0. The van der Waals surface area contributed by atoms with Crippen LogP contribution < -0.4 is 4.57 Å². The molecule has 3 heterocycles. The van der Waals surface area contributed by atoms with Crippen LogP contribution in [0.5, 0.6) is 0 Å². The average Bonchev–Trinajstić information content (AvgIpc) is 3.44. The molecule has 0 amide bonds. The van der Waals surface area contributed by atoms with E-state index < -0.39 is 0 Å². The molecule has 0 spiro atoms. The van der Waals surface area contributed by atoms with E-state index in [0.717, 1.165) is 5.92 Å². The van der Waals surface area contributed by atoms with Crippen LogP contribution in [0.25, 0.3) is 49.0 Å². The fourth-order valence-corrected chi connectivity index (χ4v) is 6.97. The van der Waals surface area contributed by atoms with Gasteiger partial charge in [0.1, 0.15) is 7.05 Å². The highest BCUT2D eigenvalue weighted by molar-refractivity contribution is 6.28. The number of pyridine rings is 2. The van der Waals surface area contributed by atoms with Gasteiger partial charge in [-0.05, 0) is 72.9 Å². The Morgan fingerprint density at radius 1 is 0.879 bits per heavy atom. The number of para-hydroxylation sites is 1. The molecule has 164 valence electrons. The van der Waals surface area contributed by atoms with Gasteiger partial charge in [0.05, 0.1) is 27.3 Å². The monoisotopic (exact) mass is 431 g/mol. The number of aromatic nitrogens is 2. The normalized spacial score (nSPS) is 15.4. The molecule has 3 aromatic carbocycles. The Labute approximate surface area is 194 Å². The van der Waals surface area contributed by atoms with E-state index >= 15 is 0 Å². The van der Waals surface area contributed by atoms with Crippen LogP contribution in [-0.2, 0) is 13.5 Å². The van der Waals surface area contributed by atoms with Gasteiger partial charge in [-0.2, -0.15) is 0 Å². The zero-order chi connectivity index (χ0) is 22.4. The first-order chi connectivity index (χ1) is 16.0. The van der Waals surface area contributed by atoms with Crippen LogP contribution >= 0.6 is 0 Å². The van der Waals surface area contributed by atoms with Gasteiger partial charge in [0.25, 0.3) is 0 Å². The van der Waals surface area contributed by atoms with E-state index in [4.69, 9.17) is 0 Å². The zero-order valence-corrected chi connectivity index (χ0v) is 20.1. The smallest absolute Gasteiger partial charge is 0.224 e. The van der Waals surface area contributed by atoms with E-state index in [-0.39, 0.29) is 0 Å². The van der Waals surface area contributed by atoms with Crippen molar-refractivity contribution in [3.05, 3.63) is 70.9 Å². The van der Waals surface area contributed by atoms with Crippen LogP contribution in [0, 0.1) is 26.7 Å². The summed E-state index contributed by atoms with van der Waals surface area (Å²) in [4.78, 5) is 0. The molecule has 2 nitrogen and oxygen atoms in total. The first kappa shape index (κ1) is 19.3. The third-order valence-electron chi connectivity index (χ3n) is 8.57. The summed E-state index contributed by atoms with van der Waals surface area (Å²) in [6, 6.07) is 16.3. The van der Waals surface area contributed by atoms with Gasteiger partial charge >= 0.3 is 0 Å². The standard InChI is InChI=1S/C31H31N2/c1-18-15-19(2)29-26(20(18)3)30-28-22(13-14-32(30)4)17-23(16-21-9-5-6-10-21)27-24-11-7-8-12-25(24)33(29)31(27)28/h7-8,11-15,17,21H,5-6,9-10,16H2,1-4H3/q+1. The van der Waals surface area contributed by atoms with Crippen molar-refractivity contribution in [3.8, 4) is 0 Å². The first-order valence-electron chi connectivity index (χ1n) is 12.5. The Morgan fingerprint density at radius 3 is 2.48 bits per heavy atom. The number of fused-ring (bicyclic) bond motifs is 6. The molecular weight excluding hydrogens is 400 g/mol. The minimum Gasteiger partial charge on any atom is -0.307 e. The van der Waals surface area contributed by atoms with Gasteiger partial charge in [-0.3, -0.25) is 0 Å². The summed E-state index contributed by atoms with van der Waals surface area (Å²) in [6.07, 6.45) is 9.03. The Bertz CT molecular complexity index is 1730. The van der Waals surface area contributed by atoms with Crippen LogP contribution in [0.3, 0.4) is 0 Å². The quantitative estimate of drug-likeness (QED) is 0.153. The summed E-state index contributed by atoms with van der Waals surface area (Å²) in [7, 11) is 2.21. The predicted molar refractivity (Wildman–Crippen MR) is 140 cm³/mol. The maximum Gasteiger partial charge on any atom is 0.224 e. The number of aryl methyl sites for hydroxylation is 4. The molecule has 0 N–H and O–H groups in total. The van der Waals surface area contributed by atoms with Crippen molar-refractivity contribution in [2.24, 2.45) is 13.0 Å². The van der Waals surface area contributed by atoms with E-state index in [1.54, 1.807) is 5.56 Å². The van der Waals surface area contributed by atoms with Crippen LogP contribution in [0.4, 0.5) is 0 Å². The highest BCUT2D eigenvalue weighted by atomic mass is 15.0. The number of benzene rings is 3. The molecule has 0 bridgehead atoms. The maximum absolute atomic E-state index is 2.61. The SMILES string of the molecule is Cc1cc(C)c2c(c1C)c1c3c(cc[n+]1C)cc(CC1CCCC1)c1c4ccccc4n2c13. The number of nitrogens with zero attached hydrogens (tertiary/aromatic N) is 2. The highest BCUT2D eigenvalue weighted by Gasteiger charge is 2.27. The second-order valence-electron chi connectivity index (χ2n) is 10.6. The van der Waals surface area contributed by atoms with Crippen molar-refractivity contribution < 1.29 is 4.57 Å². The van der Waals surface area contributed by atoms with Gasteiger partial charge in [0, 0.05) is 16.8 Å². The fourth-order valence-electron chi connectivity index (χ4n) is 6.97. The number of rotatable bonds is 2. The lowest BCUT2D eigenvalue weighted by Gasteiger charge is -2.18. The molecule has 7 rings (SSSR count). The molecule has 1 fully saturated rings. The largest absolute Gasteiger partial charge is 0.307 e. The Balaban J connectivity index is 1.81. The topological polar surface area (TPSA) is 8.29 Å². The first-order valence-corrected chi connectivity index (χ1v) is 12.5. The second-order valence-corrected chi connectivity index (χ2v) is 10.6. The molecule has 6 aromatic rings. The molecular formula is C31H31N2+. The van der Waals surface area contributed by atoms with Crippen molar-refractivity contribution >= 4 is 49.0 Å². The Kier molecular flexibility index (Phi) is 3.93. The van der Waals surface area contributed by atoms with Crippen LogP contribution in [0.2, 0.25) is 0 Å². The van der Waals surface area contributed by atoms with Crippen molar-refractivity contribution in [2.75, 3.05) is 0 Å². The molecule has 1 aliphatic rings. The van der Waals surface area contributed by atoms with Crippen molar-refractivity contribution in [1.82, 2.24) is 4.40 Å². The van der Waals surface area contributed by atoms with E-state index in [1.807, 2.05) is 0 Å². The third kappa shape index (κ3) is 2.47. The maximum atomic E-state index is 2.61. The molecule has 0 unspecified atom stereocenters. The predicted octanol–water partition coefficient (Wildman–Crippen LogP) is 7.47. The van der Waals surface area contributed by atoms with E-state index in [1.165, 1.54) is 97.8 Å². The third-order valence-corrected chi connectivity index (χ3v) is 8.57. The Hall–Kier alpha value is -3.13. The molecule has 0 atom stereocenters. The minimum absolute atomic E-state index is 0.828. The van der Waals surface area contributed by atoms with Crippen molar-refractivity contribution in [2.45, 2.75) is 52.9 Å². The summed E-state index contributed by atoms with van der Waals surface area (Å²) in [5, 5.41) is 7.10. The van der Waals surface area contributed by atoms with Crippen LogP contribution in [0.15, 0.2) is 48.7 Å². The van der Waals surface area contributed by atoms with Gasteiger partial charge in [-0.1, -0.05) is 49.9 Å². The Morgan fingerprint density at radius 2 is 1.67 bits per heavy atom. The van der Waals surface area contributed by atoms with Gasteiger partial charge in [-0.25, -0.2) is 4.57 Å². The molecule has 0 aliphatic heterocycles. The van der Waals surface area contributed by atoms with Crippen molar-refractivity contribution in [1.29, 1.82) is 0 Å². The van der Waals surface area contributed by atoms with Gasteiger partial charge < -0.3 is 4.40 Å². The zero-order valence-electron chi connectivity index (χ0n) is 20.1. The molecule has 1 saturated carbocycles. The summed E-state index contributed by atoms with van der Waals surface area (Å²) in [5.41, 5.74) is 11.2. The van der Waals surface area contributed by atoms with Crippen molar-refractivity contribution in [3.63, 3.8) is 0 Å². The molecule has 33 heavy (non-hydrogen) atoms. The highest BCUT2D eigenvalue weighted by Crippen LogP contribution is 2.44. The van der Waals surface area contributed by atoms with Crippen LogP contribution in [-0.4, -0.2) is 4.40 Å². The fraction of sp³-hybridized carbons (Fsp3) is 0.323. The lowest BCUT2D eigenvalue weighted by Crippen LogP contribution is -2.29. The molecule has 0 radical (unpaired) electrons. The average molecular weight is 432 g/mol. The second kappa shape index (κ2) is 6.70. The summed E-state index contributed by atoms with van der Waals surface area (Å²) in [6.45, 7) is 6.85. The molecule has 2 heteroatoms. The van der Waals surface area contributed by atoms with Gasteiger partial charge in [0.15, 0.2) is 6.20 Å². The van der Waals surface area contributed by atoms with Gasteiger partial charge in [-0.15, -0.1) is 0 Å². The molecule has 3 aromatic heterocycles. The van der Waals surface area contributed by atoms with E-state index in [2.05, 4.69) is 85.4 Å². The molecule has 1 aliphatic carbocycles. The van der Waals surface area contributed by atoms with E-state index in [9.17, 15) is 0 Å².